The molecule has 1 aliphatic heterocycles. The van der Waals surface area contributed by atoms with E-state index in [9.17, 15) is 0 Å². The van der Waals surface area contributed by atoms with Gasteiger partial charge in [0, 0.05) is 31.4 Å². The molecule has 3 rings (SSSR count). The third-order valence-electron chi connectivity index (χ3n) is 3.83. The van der Waals surface area contributed by atoms with Gasteiger partial charge in [0.05, 0.1) is 0 Å². The lowest BCUT2D eigenvalue weighted by atomic mass is 10.3. The summed E-state index contributed by atoms with van der Waals surface area (Å²) >= 11 is 0. The van der Waals surface area contributed by atoms with Crippen molar-refractivity contribution in [2.24, 2.45) is 0 Å². The molecule has 1 aliphatic carbocycles. The van der Waals surface area contributed by atoms with Gasteiger partial charge in [-0.05, 0) is 44.3 Å². The molecule has 19 heavy (non-hydrogen) atoms. The molecule has 1 aromatic heterocycles. The molecule has 4 nitrogen and oxygen atoms in total. The van der Waals surface area contributed by atoms with E-state index in [0.29, 0.717) is 0 Å². The summed E-state index contributed by atoms with van der Waals surface area (Å²) in [5, 5.41) is 3.49. The fourth-order valence-corrected chi connectivity index (χ4v) is 2.44. The second kappa shape index (κ2) is 6.35. The van der Waals surface area contributed by atoms with Crippen molar-refractivity contribution in [1.82, 2.24) is 15.2 Å². The topological polar surface area (TPSA) is 37.4 Å². The molecule has 2 fully saturated rings. The maximum atomic E-state index is 5.69. The maximum absolute atomic E-state index is 5.69. The van der Waals surface area contributed by atoms with Crippen molar-refractivity contribution in [2.45, 2.75) is 38.3 Å². The highest BCUT2D eigenvalue weighted by molar-refractivity contribution is 5.17. The van der Waals surface area contributed by atoms with Crippen LogP contribution in [0.4, 0.5) is 0 Å². The molecule has 1 aromatic rings. The average molecular weight is 261 g/mol. The summed E-state index contributed by atoms with van der Waals surface area (Å²) in [6, 6.07) is 4.83. The van der Waals surface area contributed by atoms with Crippen molar-refractivity contribution in [2.75, 3.05) is 26.2 Å². The van der Waals surface area contributed by atoms with Crippen molar-refractivity contribution in [3.63, 3.8) is 0 Å². The number of nitrogens with one attached hydrogen (secondary N) is 1. The zero-order valence-electron chi connectivity index (χ0n) is 11.5. The molecule has 4 heteroatoms. The van der Waals surface area contributed by atoms with Crippen molar-refractivity contribution in [3.8, 4) is 5.88 Å². The summed E-state index contributed by atoms with van der Waals surface area (Å²) in [4.78, 5) is 6.81. The molecule has 2 heterocycles. The van der Waals surface area contributed by atoms with Crippen LogP contribution in [0, 0.1) is 0 Å². The number of pyridine rings is 1. The third kappa shape index (κ3) is 4.18. The van der Waals surface area contributed by atoms with Gasteiger partial charge < -0.3 is 10.1 Å². The molecule has 0 unspecified atom stereocenters. The van der Waals surface area contributed by atoms with Gasteiger partial charge in [0.2, 0.25) is 5.88 Å². The van der Waals surface area contributed by atoms with Crippen LogP contribution in [0.5, 0.6) is 5.88 Å². The number of hydrogen-bond donors (Lipinski definition) is 1. The zero-order chi connectivity index (χ0) is 12.9. The van der Waals surface area contributed by atoms with E-state index < -0.39 is 0 Å². The minimum atomic E-state index is 0.743. The number of nitrogens with zero attached hydrogens (tertiary/aromatic N) is 2. The zero-order valence-corrected chi connectivity index (χ0v) is 11.5. The maximum Gasteiger partial charge on any atom is 0.213 e. The van der Waals surface area contributed by atoms with Gasteiger partial charge >= 0.3 is 0 Å². The van der Waals surface area contributed by atoms with Gasteiger partial charge in [0.15, 0.2) is 0 Å². The Balaban J connectivity index is 1.37. The molecule has 0 amide bonds. The van der Waals surface area contributed by atoms with E-state index in [1.54, 1.807) is 0 Å². The fourth-order valence-electron chi connectivity index (χ4n) is 2.44. The average Bonchev–Trinajstić information content (AvgIpc) is 3.13. The third-order valence-corrected chi connectivity index (χ3v) is 3.83. The van der Waals surface area contributed by atoms with E-state index in [0.717, 1.165) is 31.6 Å². The fraction of sp³-hybridized carbons (Fsp3) is 0.667. The van der Waals surface area contributed by atoms with Gasteiger partial charge in [-0.1, -0.05) is 6.07 Å². The number of hydrogen-bond acceptors (Lipinski definition) is 4. The van der Waals surface area contributed by atoms with Crippen LogP contribution < -0.4 is 10.1 Å². The van der Waals surface area contributed by atoms with Crippen LogP contribution >= 0.6 is 0 Å². The van der Waals surface area contributed by atoms with E-state index in [1.165, 1.54) is 44.3 Å². The molecule has 0 spiro atoms. The van der Waals surface area contributed by atoms with Crippen molar-refractivity contribution >= 4 is 0 Å². The highest BCUT2D eigenvalue weighted by atomic mass is 16.5. The van der Waals surface area contributed by atoms with E-state index in [1.807, 2.05) is 12.3 Å². The molecule has 0 radical (unpaired) electrons. The molecular weight excluding hydrogens is 238 g/mol. The number of ether oxygens (including phenoxy) is 1. The van der Waals surface area contributed by atoms with Gasteiger partial charge in [-0.15, -0.1) is 0 Å². The van der Waals surface area contributed by atoms with Crippen molar-refractivity contribution in [1.29, 1.82) is 0 Å². The van der Waals surface area contributed by atoms with Crippen LogP contribution in [0.25, 0.3) is 0 Å². The van der Waals surface area contributed by atoms with Crippen LogP contribution in [0.3, 0.4) is 0 Å². The summed E-state index contributed by atoms with van der Waals surface area (Å²) in [5.74, 6) is 0.745. The van der Waals surface area contributed by atoms with Crippen molar-refractivity contribution in [3.05, 3.63) is 23.9 Å². The SMILES string of the molecule is c1cc(OCCN2CCCC2)ncc1CNC1CC1. The lowest BCUT2D eigenvalue weighted by molar-refractivity contribution is 0.232. The Bertz CT molecular complexity index is 383. The normalized spacial score (nSPS) is 19.8. The van der Waals surface area contributed by atoms with E-state index in [2.05, 4.69) is 21.3 Å². The Morgan fingerprint density at radius 2 is 2.11 bits per heavy atom. The Hall–Kier alpha value is -1.13. The molecule has 1 saturated heterocycles. The molecule has 0 bridgehead atoms. The first-order chi connectivity index (χ1) is 9.40. The molecule has 1 saturated carbocycles. The Labute approximate surface area is 115 Å². The smallest absolute Gasteiger partial charge is 0.213 e. The molecule has 0 aromatic carbocycles. The highest BCUT2D eigenvalue weighted by Gasteiger charge is 2.19. The summed E-state index contributed by atoms with van der Waals surface area (Å²) < 4.78 is 5.69. The molecule has 0 atom stereocenters. The Kier molecular flexibility index (Phi) is 4.30. The predicted molar refractivity (Wildman–Crippen MR) is 75.3 cm³/mol. The lowest BCUT2D eigenvalue weighted by Gasteiger charge is -2.14. The van der Waals surface area contributed by atoms with Crippen LogP contribution in [0.15, 0.2) is 18.3 Å². The number of likely N-dealkylation sites (tertiary alicyclic amines) is 1. The monoisotopic (exact) mass is 261 g/mol. The minimum Gasteiger partial charge on any atom is -0.476 e. The van der Waals surface area contributed by atoms with Crippen molar-refractivity contribution < 1.29 is 4.74 Å². The summed E-state index contributed by atoms with van der Waals surface area (Å²) in [6.07, 6.45) is 7.23. The highest BCUT2D eigenvalue weighted by Crippen LogP contribution is 2.19. The largest absolute Gasteiger partial charge is 0.476 e. The van der Waals surface area contributed by atoms with Gasteiger partial charge in [-0.3, -0.25) is 4.90 Å². The van der Waals surface area contributed by atoms with Gasteiger partial charge in [0.1, 0.15) is 6.61 Å². The molecule has 1 N–H and O–H groups in total. The first kappa shape index (κ1) is 12.9. The summed E-state index contributed by atoms with van der Waals surface area (Å²) in [6.45, 7) is 5.14. The standard InChI is InChI=1S/C15H23N3O/c1-2-8-18(7-1)9-10-19-15-6-3-13(12-17-15)11-16-14-4-5-14/h3,6,12,14,16H,1-2,4-5,7-11H2. The molecular formula is C15H23N3O. The number of rotatable bonds is 7. The van der Waals surface area contributed by atoms with Crippen LogP contribution in [-0.2, 0) is 6.54 Å². The predicted octanol–water partition coefficient (Wildman–Crippen LogP) is 1.81. The Morgan fingerprint density at radius 1 is 1.26 bits per heavy atom. The van der Waals surface area contributed by atoms with Crippen LogP contribution in [0.1, 0.15) is 31.2 Å². The minimum absolute atomic E-state index is 0.743. The summed E-state index contributed by atoms with van der Waals surface area (Å²) in [5.41, 5.74) is 1.23. The second-order valence-corrected chi connectivity index (χ2v) is 5.56. The van der Waals surface area contributed by atoms with Crippen LogP contribution in [0.2, 0.25) is 0 Å². The van der Waals surface area contributed by atoms with Gasteiger partial charge in [-0.25, -0.2) is 4.98 Å². The van der Waals surface area contributed by atoms with E-state index in [4.69, 9.17) is 4.74 Å². The number of aromatic nitrogens is 1. The second-order valence-electron chi connectivity index (χ2n) is 5.56. The molecule has 2 aliphatic rings. The van der Waals surface area contributed by atoms with E-state index in [-0.39, 0.29) is 0 Å². The van der Waals surface area contributed by atoms with Gasteiger partial charge in [-0.2, -0.15) is 0 Å². The first-order valence-electron chi connectivity index (χ1n) is 7.43. The first-order valence-corrected chi connectivity index (χ1v) is 7.43. The lowest BCUT2D eigenvalue weighted by Crippen LogP contribution is -2.25. The van der Waals surface area contributed by atoms with Crippen LogP contribution in [-0.4, -0.2) is 42.2 Å². The quantitative estimate of drug-likeness (QED) is 0.812. The molecule has 104 valence electrons. The summed E-state index contributed by atoms with van der Waals surface area (Å²) in [7, 11) is 0. The Morgan fingerprint density at radius 3 is 2.79 bits per heavy atom. The van der Waals surface area contributed by atoms with E-state index >= 15 is 0 Å². The van der Waals surface area contributed by atoms with Gasteiger partial charge in [0.25, 0.3) is 0 Å².